The molecule has 0 aliphatic rings. The van der Waals surface area contributed by atoms with Gasteiger partial charge in [-0.25, -0.2) is 9.59 Å². The van der Waals surface area contributed by atoms with Crippen LogP contribution in [0.5, 0.6) is 0 Å². The van der Waals surface area contributed by atoms with E-state index >= 15 is 0 Å². The first-order chi connectivity index (χ1) is 11.6. The summed E-state index contributed by atoms with van der Waals surface area (Å²) in [7, 11) is 3.54. The predicted octanol–water partition coefficient (Wildman–Crippen LogP) is 1.69. The smallest absolute Gasteiger partial charge is 0.295 e. The van der Waals surface area contributed by atoms with Crippen molar-refractivity contribution in [1.29, 1.82) is 0 Å². The molecule has 2 aromatic heterocycles. The van der Waals surface area contributed by atoms with Crippen LogP contribution in [0.4, 0.5) is 0 Å². The largest absolute Gasteiger partial charge is 0.328 e. The van der Waals surface area contributed by atoms with E-state index in [0.717, 1.165) is 22.1 Å². The number of hydrogen-bond acceptors (Lipinski definition) is 2. The zero-order valence-electron chi connectivity index (χ0n) is 13.6. The van der Waals surface area contributed by atoms with Gasteiger partial charge in [-0.15, -0.1) is 0 Å². The molecule has 6 nitrogen and oxygen atoms in total. The fourth-order valence-electron chi connectivity index (χ4n) is 3.36. The van der Waals surface area contributed by atoms with E-state index in [-0.39, 0.29) is 11.4 Å². The molecular formula is C18H18N4O2. The number of fused-ring (bicyclic) bond motifs is 2. The molecule has 0 radical (unpaired) electrons. The first-order valence-electron chi connectivity index (χ1n) is 7.88. The molecule has 0 atom stereocenters. The maximum absolute atomic E-state index is 12.5. The molecule has 6 heteroatoms. The lowest BCUT2D eigenvalue weighted by molar-refractivity contribution is 0.560. The number of aromatic nitrogens is 4. The van der Waals surface area contributed by atoms with Crippen LogP contribution < -0.4 is 11.4 Å². The first-order valence-corrected chi connectivity index (χ1v) is 7.88. The van der Waals surface area contributed by atoms with E-state index in [1.165, 1.54) is 0 Å². The summed E-state index contributed by atoms with van der Waals surface area (Å²) in [5.41, 5.74) is 3.44. The van der Waals surface area contributed by atoms with Crippen molar-refractivity contribution in [3.8, 4) is 0 Å². The second kappa shape index (κ2) is 5.26. The monoisotopic (exact) mass is 322 g/mol. The van der Waals surface area contributed by atoms with E-state index in [9.17, 15) is 9.59 Å². The van der Waals surface area contributed by atoms with Crippen LogP contribution in [0.2, 0.25) is 0 Å². The molecule has 2 heterocycles. The summed E-state index contributed by atoms with van der Waals surface area (Å²) in [5.74, 6) is 0. The van der Waals surface area contributed by atoms with Gasteiger partial charge in [0.15, 0.2) is 0 Å². The number of hydrogen-bond donors (Lipinski definition) is 0. The van der Waals surface area contributed by atoms with Gasteiger partial charge in [-0.2, -0.15) is 0 Å². The summed E-state index contributed by atoms with van der Waals surface area (Å²) < 4.78 is 6.73. The SMILES string of the molecule is Cn1c(=O)n(CCn2c(=O)n(C)c3ccccc32)c2ccccc21. The average Bonchev–Trinajstić information content (AvgIpc) is 3.00. The van der Waals surface area contributed by atoms with Crippen LogP contribution in [0.1, 0.15) is 0 Å². The lowest BCUT2D eigenvalue weighted by atomic mass is 10.3. The zero-order valence-corrected chi connectivity index (χ0v) is 13.6. The number of benzene rings is 2. The molecule has 0 saturated heterocycles. The molecule has 4 rings (SSSR count). The first kappa shape index (κ1) is 14.6. The normalized spacial score (nSPS) is 11.6. The Bertz CT molecular complexity index is 1080. The minimum Gasteiger partial charge on any atom is -0.295 e. The van der Waals surface area contributed by atoms with E-state index in [0.29, 0.717) is 13.1 Å². The van der Waals surface area contributed by atoms with Gasteiger partial charge in [0.05, 0.1) is 22.1 Å². The molecule has 0 amide bonds. The van der Waals surface area contributed by atoms with Crippen molar-refractivity contribution in [1.82, 2.24) is 18.3 Å². The van der Waals surface area contributed by atoms with Crippen molar-refractivity contribution in [3.05, 3.63) is 69.5 Å². The number of para-hydroxylation sites is 4. The summed E-state index contributed by atoms with van der Waals surface area (Å²) in [4.78, 5) is 25.0. The topological polar surface area (TPSA) is 53.9 Å². The Hall–Kier alpha value is -3.02. The summed E-state index contributed by atoms with van der Waals surface area (Å²) in [5, 5.41) is 0. The van der Waals surface area contributed by atoms with Crippen molar-refractivity contribution >= 4 is 22.1 Å². The van der Waals surface area contributed by atoms with Crippen LogP contribution in [-0.2, 0) is 27.2 Å². The third-order valence-electron chi connectivity index (χ3n) is 4.65. The standard InChI is InChI=1S/C18H18N4O2/c1-19-13-7-3-5-9-15(13)21(17(19)23)11-12-22-16-10-6-4-8-14(16)20(2)18(22)24/h3-10H,11-12H2,1-2H3. The molecule has 0 fully saturated rings. The summed E-state index contributed by atoms with van der Waals surface area (Å²) >= 11 is 0. The minimum atomic E-state index is -0.0653. The van der Waals surface area contributed by atoms with E-state index < -0.39 is 0 Å². The van der Waals surface area contributed by atoms with Gasteiger partial charge in [0.2, 0.25) is 0 Å². The average molecular weight is 322 g/mol. The maximum atomic E-state index is 12.5. The highest BCUT2D eigenvalue weighted by Crippen LogP contribution is 2.14. The highest BCUT2D eigenvalue weighted by atomic mass is 16.2. The number of rotatable bonds is 3. The molecule has 122 valence electrons. The number of nitrogens with zero attached hydrogens (tertiary/aromatic N) is 4. The fourth-order valence-corrected chi connectivity index (χ4v) is 3.36. The summed E-state index contributed by atoms with van der Waals surface area (Å²) in [6.07, 6.45) is 0. The van der Waals surface area contributed by atoms with Crippen LogP contribution in [0, 0.1) is 0 Å². The number of aryl methyl sites for hydroxylation is 4. The minimum absolute atomic E-state index is 0.0653. The Labute approximate surface area is 137 Å². The molecule has 0 spiro atoms. The molecule has 24 heavy (non-hydrogen) atoms. The van der Waals surface area contributed by atoms with Crippen molar-refractivity contribution in [2.45, 2.75) is 13.1 Å². The Balaban J connectivity index is 1.80. The van der Waals surface area contributed by atoms with Crippen molar-refractivity contribution < 1.29 is 0 Å². The van der Waals surface area contributed by atoms with Crippen LogP contribution in [0.25, 0.3) is 22.1 Å². The fraction of sp³-hybridized carbons (Fsp3) is 0.222. The molecule has 0 aliphatic carbocycles. The van der Waals surface area contributed by atoms with Crippen LogP contribution >= 0.6 is 0 Å². The molecule has 0 saturated carbocycles. The van der Waals surface area contributed by atoms with Crippen LogP contribution in [-0.4, -0.2) is 18.3 Å². The van der Waals surface area contributed by atoms with Gasteiger partial charge in [0, 0.05) is 27.2 Å². The van der Waals surface area contributed by atoms with Gasteiger partial charge in [-0.05, 0) is 24.3 Å². The van der Waals surface area contributed by atoms with Crippen molar-refractivity contribution in [2.24, 2.45) is 14.1 Å². The summed E-state index contributed by atoms with van der Waals surface area (Å²) in [6.45, 7) is 0.905. The van der Waals surface area contributed by atoms with Gasteiger partial charge in [-0.3, -0.25) is 18.3 Å². The highest BCUT2D eigenvalue weighted by Gasteiger charge is 2.13. The van der Waals surface area contributed by atoms with Crippen LogP contribution in [0.15, 0.2) is 58.1 Å². The highest BCUT2D eigenvalue weighted by molar-refractivity contribution is 5.76. The van der Waals surface area contributed by atoms with Gasteiger partial charge < -0.3 is 0 Å². The lowest BCUT2D eigenvalue weighted by Gasteiger charge is -2.05. The molecule has 0 N–H and O–H groups in total. The molecular weight excluding hydrogens is 304 g/mol. The molecule has 2 aromatic carbocycles. The molecule has 0 unspecified atom stereocenters. The zero-order chi connectivity index (χ0) is 16.8. The molecule has 4 aromatic rings. The van der Waals surface area contributed by atoms with E-state index in [2.05, 4.69) is 0 Å². The second-order valence-electron chi connectivity index (χ2n) is 5.96. The second-order valence-corrected chi connectivity index (χ2v) is 5.96. The van der Waals surface area contributed by atoms with E-state index in [1.54, 1.807) is 32.4 Å². The third-order valence-corrected chi connectivity index (χ3v) is 4.65. The van der Waals surface area contributed by atoms with Gasteiger partial charge in [0.25, 0.3) is 0 Å². The third kappa shape index (κ3) is 1.96. The predicted molar refractivity (Wildman–Crippen MR) is 94.4 cm³/mol. The molecule has 0 bridgehead atoms. The number of imidazole rings is 2. The molecule has 0 aliphatic heterocycles. The van der Waals surface area contributed by atoms with Gasteiger partial charge in [0.1, 0.15) is 0 Å². The maximum Gasteiger partial charge on any atom is 0.328 e. The Morgan fingerprint density at radius 3 is 1.33 bits per heavy atom. The van der Waals surface area contributed by atoms with Gasteiger partial charge in [-0.1, -0.05) is 24.3 Å². The Morgan fingerprint density at radius 1 is 0.625 bits per heavy atom. The summed E-state index contributed by atoms with van der Waals surface area (Å²) in [6, 6.07) is 15.4. The van der Waals surface area contributed by atoms with Crippen molar-refractivity contribution in [2.75, 3.05) is 0 Å². The van der Waals surface area contributed by atoms with Crippen molar-refractivity contribution in [3.63, 3.8) is 0 Å². The van der Waals surface area contributed by atoms with E-state index in [4.69, 9.17) is 0 Å². The van der Waals surface area contributed by atoms with E-state index in [1.807, 2.05) is 48.5 Å². The van der Waals surface area contributed by atoms with Crippen LogP contribution in [0.3, 0.4) is 0 Å². The quantitative estimate of drug-likeness (QED) is 0.576. The Kier molecular flexibility index (Phi) is 3.19. The lowest BCUT2D eigenvalue weighted by Crippen LogP contribution is -2.28. The Morgan fingerprint density at radius 2 is 0.958 bits per heavy atom. The van der Waals surface area contributed by atoms with Gasteiger partial charge >= 0.3 is 11.4 Å².